The van der Waals surface area contributed by atoms with Crippen molar-refractivity contribution >= 4 is 0 Å². The second-order valence-electron chi connectivity index (χ2n) is 4.80. The average molecular weight is 257 g/mol. The first-order valence-electron chi connectivity index (χ1n) is 6.37. The second-order valence-corrected chi connectivity index (χ2v) is 4.80. The number of hydrogen-bond donors (Lipinski definition) is 3. The first-order valence-corrected chi connectivity index (χ1v) is 6.37. The monoisotopic (exact) mass is 257 g/mol. The topological polar surface area (TPSA) is 52.5 Å². The molecule has 3 heteroatoms. The molecule has 0 fully saturated rings. The first-order chi connectivity index (χ1) is 9.08. The highest BCUT2D eigenvalue weighted by Gasteiger charge is 2.14. The van der Waals surface area contributed by atoms with E-state index < -0.39 is 0 Å². The molecule has 0 aromatic heterocycles. The number of benzene rings is 2. The van der Waals surface area contributed by atoms with Crippen molar-refractivity contribution in [3.63, 3.8) is 0 Å². The molecule has 3 nitrogen and oxygen atoms in total. The molecule has 0 spiro atoms. The van der Waals surface area contributed by atoms with Gasteiger partial charge in [0.1, 0.15) is 11.5 Å². The maximum Gasteiger partial charge on any atom is 0.124 e. The highest BCUT2D eigenvalue weighted by atomic mass is 16.3. The van der Waals surface area contributed by atoms with Crippen molar-refractivity contribution in [3.8, 4) is 11.5 Å². The summed E-state index contributed by atoms with van der Waals surface area (Å²) >= 11 is 0. The minimum absolute atomic E-state index is 0.115. The SMILES string of the molecule is Cc1ccc(CNC(C)c2c(O)cccc2O)cc1. The fourth-order valence-corrected chi connectivity index (χ4v) is 2.06. The number of phenolic OH excluding ortho intramolecular Hbond substituents is 2. The molecule has 0 aliphatic carbocycles. The summed E-state index contributed by atoms with van der Waals surface area (Å²) in [6.45, 7) is 4.66. The summed E-state index contributed by atoms with van der Waals surface area (Å²) in [5.74, 6) is 0.229. The zero-order valence-corrected chi connectivity index (χ0v) is 11.2. The first kappa shape index (κ1) is 13.4. The zero-order chi connectivity index (χ0) is 13.8. The number of rotatable bonds is 4. The Morgan fingerprint density at radius 1 is 1.00 bits per heavy atom. The summed E-state index contributed by atoms with van der Waals surface area (Å²) in [6.07, 6.45) is 0. The molecule has 1 atom stereocenters. The van der Waals surface area contributed by atoms with Gasteiger partial charge in [0, 0.05) is 12.6 Å². The highest BCUT2D eigenvalue weighted by Crippen LogP contribution is 2.32. The Morgan fingerprint density at radius 2 is 1.58 bits per heavy atom. The third-order valence-corrected chi connectivity index (χ3v) is 3.23. The van der Waals surface area contributed by atoms with Crippen molar-refractivity contribution in [3.05, 3.63) is 59.2 Å². The van der Waals surface area contributed by atoms with E-state index in [2.05, 4.69) is 36.5 Å². The van der Waals surface area contributed by atoms with E-state index in [-0.39, 0.29) is 17.5 Å². The Bertz CT molecular complexity index is 529. The number of nitrogens with one attached hydrogen (secondary N) is 1. The van der Waals surface area contributed by atoms with E-state index in [4.69, 9.17) is 0 Å². The van der Waals surface area contributed by atoms with Crippen LogP contribution in [0.5, 0.6) is 11.5 Å². The summed E-state index contributed by atoms with van der Waals surface area (Å²) in [4.78, 5) is 0. The lowest BCUT2D eigenvalue weighted by molar-refractivity contribution is 0.418. The van der Waals surface area contributed by atoms with Gasteiger partial charge in [-0.2, -0.15) is 0 Å². The van der Waals surface area contributed by atoms with Crippen LogP contribution >= 0.6 is 0 Å². The van der Waals surface area contributed by atoms with E-state index in [0.717, 1.165) is 0 Å². The lowest BCUT2D eigenvalue weighted by Gasteiger charge is -2.17. The largest absolute Gasteiger partial charge is 0.507 e. The van der Waals surface area contributed by atoms with Crippen LogP contribution in [0.2, 0.25) is 0 Å². The average Bonchev–Trinajstić information content (AvgIpc) is 2.38. The predicted octanol–water partition coefficient (Wildman–Crippen LogP) is 3.26. The Balaban J connectivity index is 2.05. The highest BCUT2D eigenvalue weighted by molar-refractivity contribution is 5.44. The normalized spacial score (nSPS) is 12.3. The standard InChI is InChI=1S/C16H19NO2/c1-11-6-8-13(9-7-11)10-17-12(2)16-14(18)4-3-5-15(16)19/h3-9,12,17-19H,10H2,1-2H3. The van der Waals surface area contributed by atoms with Crippen LogP contribution in [0, 0.1) is 6.92 Å². The van der Waals surface area contributed by atoms with Gasteiger partial charge in [-0.05, 0) is 31.5 Å². The van der Waals surface area contributed by atoms with Gasteiger partial charge in [-0.3, -0.25) is 0 Å². The van der Waals surface area contributed by atoms with Crippen LogP contribution < -0.4 is 5.32 Å². The fourth-order valence-electron chi connectivity index (χ4n) is 2.06. The molecule has 3 N–H and O–H groups in total. The van der Waals surface area contributed by atoms with Crippen LogP contribution in [0.4, 0.5) is 0 Å². The van der Waals surface area contributed by atoms with Crippen molar-refractivity contribution < 1.29 is 10.2 Å². The van der Waals surface area contributed by atoms with E-state index in [9.17, 15) is 10.2 Å². The zero-order valence-electron chi connectivity index (χ0n) is 11.2. The summed E-state index contributed by atoms with van der Waals surface area (Å²) in [7, 11) is 0. The molecule has 2 aromatic carbocycles. The number of phenols is 2. The molecule has 0 saturated heterocycles. The van der Waals surface area contributed by atoms with Crippen molar-refractivity contribution in [2.24, 2.45) is 0 Å². The molecule has 19 heavy (non-hydrogen) atoms. The molecule has 0 saturated carbocycles. The van der Waals surface area contributed by atoms with Gasteiger partial charge in [-0.25, -0.2) is 0 Å². The Labute approximate surface area is 113 Å². The summed E-state index contributed by atoms with van der Waals surface area (Å²) in [6, 6.07) is 12.9. The van der Waals surface area contributed by atoms with Crippen LogP contribution in [0.15, 0.2) is 42.5 Å². The minimum Gasteiger partial charge on any atom is -0.507 e. The Kier molecular flexibility index (Phi) is 4.07. The number of aromatic hydroxyl groups is 2. The maximum absolute atomic E-state index is 9.80. The fraction of sp³-hybridized carbons (Fsp3) is 0.250. The summed E-state index contributed by atoms with van der Waals surface area (Å²) in [5, 5.41) is 22.9. The van der Waals surface area contributed by atoms with Gasteiger partial charge >= 0.3 is 0 Å². The van der Waals surface area contributed by atoms with E-state index >= 15 is 0 Å². The molecule has 2 rings (SSSR count). The molecule has 0 aliphatic heterocycles. The van der Waals surface area contributed by atoms with Crippen LogP contribution in [0.1, 0.15) is 29.7 Å². The van der Waals surface area contributed by atoms with Crippen LogP contribution in [-0.4, -0.2) is 10.2 Å². The molecule has 0 aliphatic rings. The molecule has 100 valence electrons. The van der Waals surface area contributed by atoms with Gasteiger partial charge in [0.25, 0.3) is 0 Å². The van der Waals surface area contributed by atoms with Gasteiger partial charge in [0.2, 0.25) is 0 Å². The van der Waals surface area contributed by atoms with Crippen LogP contribution in [0.3, 0.4) is 0 Å². The smallest absolute Gasteiger partial charge is 0.124 e. The quantitative estimate of drug-likeness (QED) is 0.788. The molecular formula is C16H19NO2. The van der Waals surface area contributed by atoms with E-state index in [1.807, 2.05) is 6.92 Å². The summed E-state index contributed by atoms with van der Waals surface area (Å²) < 4.78 is 0. The molecule has 0 bridgehead atoms. The van der Waals surface area contributed by atoms with Gasteiger partial charge in [0.15, 0.2) is 0 Å². The molecule has 0 amide bonds. The van der Waals surface area contributed by atoms with Crippen LogP contribution in [0.25, 0.3) is 0 Å². The van der Waals surface area contributed by atoms with E-state index in [1.54, 1.807) is 18.2 Å². The Hall–Kier alpha value is -2.00. The van der Waals surface area contributed by atoms with Gasteiger partial charge in [-0.1, -0.05) is 35.9 Å². The van der Waals surface area contributed by atoms with Crippen molar-refractivity contribution in [2.45, 2.75) is 26.4 Å². The summed E-state index contributed by atoms with van der Waals surface area (Å²) in [5.41, 5.74) is 2.94. The molecule has 0 heterocycles. The lowest BCUT2D eigenvalue weighted by atomic mass is 10.1. The third-order valence-electron chi connectivity index (χ3n) is 3.23. The number of hydrogen-bond acceptors (Lipinski definition) is 3. The molecule has 2 aromatic rings. The Morgan fingerprint density at radius 3 is 2.16 bits per heavy atom. The third kappa shape index (κ3) is 3.26. The van der Waals surface area contributed by atoms with Crippen molar-refractivity contribution in [2.75, 3.05) is 0 Å². The lowest BCUT2D eigenvalue weighted by Crippen LogP contribution is -2.18. The van der Waals surface area contributed by atoms with E-state index in [1.165, 1.54) is 11.1 Å². The van der Waals surface area contributed by atoms with Crippen molar-refractivity contribution in [1.29, 1.82) is 0 Å². The second kappa shape index (κ2) is 5.76. The van der Waals surface area contributed by atoms with Gasteiger partial charge in [-0.15, -0.1) is 0 Å². The molecule has 1 unspecified atom stereocenters. The molecule has 0 radical (unpaired) electrons. The van der Waals surface area contributed by atoms with Gasteiger partial charge < -0.3 is 15.5 Å². The minimum atomic E-state index is -0.123. The van der Waals surface area contributed by atoms with E-state index in [0.29, 0.717) is 12.1 Å². The molecular weight excluding hydrogens is 238 g/mol. The van der Waals surface area contributed by atoms with Crippen LogP contribution in [-0.2, 0) is 6.54 Å². The number of aryl methyl sites for hydroxylation is 1. The van der Waals surface area contributed by atoms with Crippen molar-refractivity contribution in [1.82, 2.24) is 5.32 Å². The maximum atomic E-state index is 9.80. The predicted molar refractivity (Wildman–Crippen MR) is 76.2 cm³/mol. The van der Waals surface area contributed by atoms with Gasteiger partial charge in [0.05, 0.1) is 5.56 Å².